The molecular formula is C23H20N2O3. The number of aryl methyl sites for hydroxylation is 1. The number of hydrogen-bond acceptors (Lipinski definition) is 4. The van der Waals surface area contributed by atoms with Crippen LogP contribution in [-0.4, -0.2) is 17.6 Å². The van der Waals surface area contributed by atoms with Gasteiger partial charge < -0.3 is 19.7 Å². The van der Waals surface area contributed by atoms with E-state index in [4.69, 9.17) is 9.47 Å². The molecule has 1 atom stereocenters. The third kappa shape index (κ3) is 2.76. The van der Waals surface area contributed by atoms with Gasteiger partial charge in [0.15, 0.2) is 11.5 Å². The Morgan fingerprint density at radius 2 is 1.79 bits per heavy atom. The van der Waals surface area contributed by atoms with E-state index in [1.807, 2.05) is 65.6 Å². The van der Waals surface area contributed by atoms with E-state index in [-0.39, 0.29) is 18.9 Å². The summed E-state index contributed by atoms with van der Waals surface area (Å²) >= 11 is 0. The van der Waals surface area contributed by atoms with Crippen LogP contribution < -0.4 is 14.8 Å². The largest absolute Gasteiger partial charge is 0.454 e. The number of carbonyl (C=O) groups is 1. The molecule has 0 spiro atoms. The quantitative estimate of drug-likeness (QED) is 0.733. The van der Waals surface area contributed by atoms with E-state index in [0.717, 1.165) is 39.4 Å². The first-order chi connectivity index (χ1) is 13.7. The van der Waals surface area contributed by atoms with E-state index in [2.05, 4.69) is 18.3 Å². The summed E-state index contributed by atoms with van der Waals surface area (Å²) in [7, 11) is 0. The third-order valence-electron chi connectivity index (χ3n) is 5.29. The molecule has 28 heavy (non-hydrogen) atoms. The number of anilines is 1. The average molecular weight is 372 g/mol. The maximum absolute atomic E-state index is 13.2. The van der Waals surface area contributed by atoms with Crippen molar-refractivity contribution in [1.29, 1.82) is 0 Å². The maximum Gasteiger partial charge on any atom is 0.256 e. The topological polar surface area (TPSA) is 50.8 Å². The van der Waals surface area contributed by atoms with Crippen molar-refractivity contribution >= 4 is 11.6 Å². The number of amides is 1. The normalized spacial score (nSPS) is 17.0. The molecule has 0 saturated heterocycles. The van der Waals surface area contributed by atoms with Crippen molar-refractivity contribution in [3.05, 3.63) is 89.0 Å². The number of nitrogens with one attached hydrogen (secondary N) is 1. The molecule has 0 fully saturated rings. The van der Waals surface area contributed by atoms with E-state index in [9.17, 15) is 4.79 Å². The summed E-state index contributed by atoms with van der Waals surface area (Å²) in [6.07, 6.45) is -0.227. The first-order valence-corrected chi connectivity index (χ1v) is 9.31. The van der Waals surface area contributed by atoms with E-state index in [1.54, 1.807) is 0 Å². The Labute approximate surface area is 163 Å². The third-order valence-corrected chi connectivity index (χ3v) is 5.29. The second kappa shape index (κ2) is 6.60. The van der Waals surface area contributed by atoms with Crippen LogP contribution in [0.15, 0.2) is 66.7 Å². The summed E-state index contributed by atoms with van der Waals surface area (Å²) in [4.78, 5) is 15.0. The molecule has 1 amide bonds. The molecule has 2 aliphatic rings. The van der Waals surface area contributed by atoms with Gasteiger partial charge >= 0.3 is 0 Å². The lowest BCUT2D eigenvalue weighted by molar-refractivity contribution is 0.0728. The lowest BCUT2D eigenvalue weighted by atomic mass is 10.1. The van der Waals surface area contributed by atoms with Gasteiger partial charge in [-0.3, -0.25) is 4.79 Å². The molecule has 3 aromatic rings. The Bertz CT molecular complexity index is 1060. The van der Waals surface area contributed by atoms with Gasteiger partial charge in [0.2, 0.25) is 6.79 Å². The molecule has 5 heteroatoms. The molecule has 0 aromatic heterocycles. The van der Waals surface area contributed by atoms with Gasteiger partial charge in [-0.1, -0.05) is 42.5 Å². The Kier molecular flexibility index (Phi) is 3.93. The second-order valence-corrected chi connectivity index (χ2v) is 7.07. The number of benzene rings is 3. The summed E-state index contributed by atoms with van der Waals surface area (Å²) in [5, 5.41) is 3.57. The van der Waals surface area contributed by atoms with Gasteiger partial charge in [-0.25, -0.2) is 0 Å². The number of fused-ring (bicyclic) bond motifs is 2. The number of nitrogens with zero attached hydrogens (tertiary/aromatic N) is 1. The van der Waals surface area contributed by atoms with E-state index in [0.29, 0.717) is 6.54 Å². The van der Waals surface area contributed by atoms with Crippen molar-refractivity contribution in [2.24, 2.45) is 0 Å². The second-order valence-electron chi connectivity index (χ2n) is 7.07. The first kappa shape index (κ1) is 16.7. The summed E-state index contributed by atoms with van der Waals surface area (Å²) in [6.45, 7) is 2.78. The number of hydrogen-bond donors (Lipinski definition) is 1. The molecule has 1 unspecified atom stereocenters. The van der Waals surface area contributed by atoms with Crippen LogP contribution in [0.4, 0.5) is 5.69 Å². The minimum absolute atomic E-state index is 0.0272. The molecule has 0 aliphatic carbocycles. The zero-order chi connectivity index (χ0) is 19.1. The molecule has 2 heterocycles. The first-order valence-electron chi connectivity index (χ1n) is 9.31. The summed E-state index contributed by atoms with van der Waals surface area (Å²) in [6, 6.07) is 21.7. The van der Waals surface area contributed by atoms with Gasteiger partial charge in [0.05, 0.1) is 0 Å². The predicted molar refractivity (Wildman–Crippen MR) is 106 cm³/mol. The fraction of sp³-hybridized carbons (Fsp3) is 0.174. The molecule has 140 valence electrons. The Balaban J connectivity index is 1.50. The van der Waals surface area contributed by atoms with Crippen LogP contribution in [0.5, 0.6) is 11.5 Å². The number of ether oxygens (including phenoxy) is 2. The zero-order valence-electron chi connectivity index (χ0n) is 15.5. The van der Waals surface area contributed by atoms with Crippen molar-refractivity contribution < 1.29 is 14.3 Å². The van der Waals surface area contributed by atoms with Crippen molar-refractivity contribution in [3.8, 4) is 11.5 Å². The highest BCUT2D eigenvalue weighted by Gasteiger charge is 2.36. The molecule has 3 aromatic carbocycles. The summed E-state index contributed by atoms with van der Waals surface area (Å²) in [5.41, 5.74) is 4.91. The molecule has 2 aliphatic heterocycles. The highest BCUT2D eigenvalue weighted by molar-refractivity contribution is 5.99. The predicted octanol–water partition coefficient (Wildman–Crippen LogP) is 4.49. The zero-order valence-corrected chi connectivity index (χ0v) is 15.5. The molecule has 0 bridgehead atoms. The lowest BCUT2D eigenvalue weighted by Gasteiger charge is -2.28. The maximum atomic E-state index is 13.2. The van der Waals surface area contributed by atoms with Crippen LogP contribution in [0.1, 0.15) is 33.2 Å². The SMILES string of the molecule is Cc1ccccc1NC1c2ccccc2C(=O)N1Cc1ccc2c(c1)OCO2. The van der Waals surface area contributed by atoms with E-state index >= 15 is 0 Å². The van der Waals surface area contributed by atoms with Crippen LogP contribution in [0.2, 0.25) is 0 Å². The summed E-state index contributed by atoms with van der Waals surface area (Å²) < 4.78 is 10.9. The Morgan fingerprint density at radius 1 is 1.00 bits per heavy atom. The molecule has 0 radical (unpaired) electrons. The molecule has 5 nitrogen and oxygen atoms in total. The van der Waals surface area contributed by atoms with Crippen LogP contribution in [-0.2, 0) is 6.54 Å². The fourth-order valence-electron chi connectivity index (χ4n) is 3.81. The van der Waals surface area contributed by atoms with Crippen LogP contribution in [0, 0.1) is 6.92 Å². The van der Waals surface area contributed by atoms with Gasteiger partial charge in [-0.2, -0.15) is 0 Å². The monoisotopic (exact) mass is 372 g/mol. The van der Waals surface area contributed by atoms with Crippen molar-refractivity contribution in [3.63, 3.8) is 0 Å². The van der Waals surface area contributed by atoms with Crippen LogP contribution in [0.3, 0.4) is 0 Å². The smallest absolute Gasteiger partial charge is 0.256 e. The van der Waals surface area contributed by atoms with Gasteiger partial charge in [-0.05, 0) is 42.3 Å². The van der Waals surface area contributed by atoms with Crippen molar-refractivity contribution in [2.75, 3.05) is 12.1 Å². The highest BCUT2D eigenvalue weighted by Crippen LogP contribution is 2.38. The number of carbonyl (C=O) groups excluding carboxylic acids is 1. The summed E-state index contributed by atoms with van der Waals surface area (Å²) in [5.74, 6) is 1.50. The van der Waals surface area contributed by atoms with Crippen molar-refractivity contribution in [1.82, 2.24) is 4.90 Å². The minimum Gasteiger partial charge on any atom is -0.454 e. The Morgan fingerprint density at radius 3 is 2.68 bits per heavy atom. The molecular weight excluding hydrogens is 352 g/mol. The highest BCUT2D eigenvalue weighted by atomic mass is 16.7. The van der Waals surface area contributed by atoms with Gasteiger partial charge in [0.1, 0.15) is 6.17 Å². The van der Waals surface area contributed by atoms with Crippen molar-refractivity contribution in [2.45, 2.75) is 19.6 Å². The fourth-order valence-corrected chi connectivity index (χ4v) is 3.81. The van der Waals surface area contributed by atoms with Crippen LogP contribution in [0.25, 0.3) is 0 Å². The van der Waals surface area contributed by atoms with Gasteiger partial charge in [0, 0.05) is 23.4 Å². The Hall–Kier alpha value is -3.47. The van der Waals surface area contributed by atoms with E-state index < -0.39 is 0 Å². The van der Waals surface area contributed by atoms with E-state index in [1.165, 1.54) is 0 Å². The standard InChI is InChI=1S/C23H20N2O3/c1-15-6-2-5-9-19(15)24-22-17-7-3-4-8-18(17)23(26)25(22)13-16-10-11-20-21(12-16)28-14-27-20/h2-12,22,24H,13-14H2,1H3. The average Bonchev–Trinajstić information content (AvgIpc) is 3.28. The number of rotatable bonds is 4. The van der Waals surface area contributed by atoms with Crippen LogP contribution >= 0.6 is 0 Å². The number of para-hydroxylation sites is 1. The molecule has 5 rings (SSSR count). The molecule has 0 saturated carbocycles. The lowest BCUT2D eigenvalue weighted by Crippen LogP contribution is -2.32. The van der Waals surface area contributed by atoms with Gasteiger partial charge in [0.25, 0.3) is 5.91 Å². The van der Waals surface area contributed by atoms with Gasteiger partial charge in [-0.15, -0.1) is 0 Å². The molecule has 1 N–H and O–H groups in total. The minimum atomic E-state index is -0.227.